The summed E-state index contributed by atoms with van der Waals surface area (Å²) < 4.78 is 5.79. The molecule has 168 valence electrons. The van der Waals surface area contributed by atoms with Crippen LogP contribution in [0.3, 0.4) is 0 Å². The van der Waals surface area contributed by atoms with Gasteiger partial charge in [0.15, 0.2) is 0 Å². The summed E-state index contributed by atoms with van der Waals surface area (Å²) in [5.74, 6) is 1.33. The summed E-state index contributed by atoms with van der Waals surface area (Å²) in [5.41, 5.74) is 2.45. The number of hydrogen-bond donors (Lipinski definition) is 0. The summed E-state index contributed by atoms with van der Waals surface area (Å²) in [4.78, 5) is 34.7. The third-order valence-corrected chi connectivity index (χ3v) is 6.02. The molecule has 0 N–H and O–H groups in total. The number of piperidine rings is 1. The van der Waals surface area contributed by atoms with Crippen LogP contribution in [-0.4, -0.2) is 46.3 Å². The zero-order valence-corrected chi connectivity index (χ0v) is 19.1. The van der Waals surface area contributed by atoms with Gasteiger partial charge in [0, 0.05) is 19.3 Å². The van der Waals surface area contributed by atoms with Crippen molar-refractivity contribution < 1.29 is 14.3 Å². The van der Waals surface area contributed by atoms with Crippen LogP contribution < -0.4 is 4.74 Å². The van der Waals surface area contributed by atoms with Gasteiger partial charge in [-0.25, -0.2) is 0 Å². The van der Waals surface area contributed by atoms with Gasteiger partial charge in [0.25, 0.3) is 11.8 Å². The first-order valence-corrected chi connectivity index (χ1v) is 11.4. The number of pyridine rings is 1. The van der Waals surface area contributed by atoms with E-state index in [0.717, 1.165) is 37.2 Å². The zero-order chi connectivity index (χ0) is 22.7. The van der Waals surface area contributed by atoms with Crippen LogP contribution in [0.5, 0.6) is 5.75 Å². The van der Waals surface area contributed by atoms with Crippen molar-refractivity contribution in [3.05, 3.63) is 65.6 Å². The Hall–Kier alpha value is -3.15. The Kier molecular flexibility index (Phi) is 6.58. The Labute approximate surface area is 189 Å². The average Bonchev–Trinajstić information content (AvgIpc) is 3.04. The number of ether oxygens (including phenoxy) is 1. The molecule has 4 rings (SSSR count). The fraction of sp³-hybridized carbons (Fsp3) is 0.423. The Morgan fingerprint density at radius 3 is 2.38 bits per heavy atom. The normalized spacial score (nSPS) is 17.6. The van der Waals surface area contributed by atoms with Gasteiger partial charge in [0.1, 0.15) is 11.4 Å². The summed E-state index contributed by atoms with van der Waals surface area (Å²) in [6, 6.07) is 13.0. The van der Waals surface area contributed by atoms with E-state index >= 15 is 0 Å². The van der Waals surface area contributed by atoms with Crippen molar-refractivity contribution in [1.29, 1.82) is 0 Å². The summed E-state index contributed by atoms with van der Waals surface area (Å²) in [6.07, 6.45) is 3.71. The van der Waals surface area contributed by atoms with Gasteiger partial charge in [-0.3, -0.25) is 19.5 Å². The SMILES string of the molecule is CC(C)COc1ccc(C2=C(N3CCC(C)CC3)C(=O)N(Cc3ccccn3)C2=O)cc1. The first kappa shape index (κ1) is 22.1. The van der Waals surface area contributed by atoms with Crippen molar-refractivity contribution in [2.45, 2.75) is 40.2 Å². The maximum atomic E-state index is 13.5. The Morgan fingerprint density at radius 1 is 1.03 bits per heavy atom. The summed E-state index contributed by atoms with van der Waals surface area (Å²) in [7, 11) is 0. The topological polar surface area (TPSA) is 62.7 Å². The molecule has 1 fully saturated rings. The van der Waals surface area contributed by atoms with E-state index in [2.05, 4.69) is 30.7 Å². The molecule has 0 bridgehead atoms. The molecular formula is C26H31N3O3. The molecule has 2 aliphatic heterocycles. The van der Waals surface area contributed by atoms with E-state index in [0.29, 0.717) is 35.4 Å². The lowest BCUT2D eigenvalue weighted by Crippen LogP contribution is -2.38. The molecule has 0 spiro atoms. The molecule has 3 heterocycles. The highest BCUT2D eigenvalue weighted by molar-refractivity contribution is 6.35. The maximum Gasteiger partial charge on any atom is 0.278 e. The summed E-state index contributed by atoms with van der Waals surface area (Å²) in [6.45, 7) is 8.81. The van der Waals surface area contributed by atoms with Gasteiger partial charge < -0.3 is 9.64 Å². The molecule has 1 aromatic carbocycles. The van der Waals surface area contributed by atoms with Crippen LogP contribution in [0.25, 0.3) is 5.57 Å². The number of nitrogens with zero attached hydrogens (tertiary/aromatic N) is 3. The highest BCUT2D eigenvalue weighted by Crippen LogP contribution is 2.35. The molecule has 2 amide bonds. The van der Waals surface area contributed by atoms with Crippen LogP contribution in [0.2, 0.25) is 0 Å². The lowest BCUT2D eigenvalue weighted by Gasteiger charge is -2.32. The number of amides is 2. The van der Waals surface area contributed by atoms with Crippen LogP contribution in [0, 0.1) is 11.8 Å². The van der Waals surface area contributed by atoms with Crippen LogP contribution in [0.4, 0.5) is 0 Å². The van der Waals surface area contributed by atoms with Crippen molar-refractivity contribution in [3.63, 3.8) is 0 Å². The number of carbonyl (C=O) groups is 2. The third-order valence-electron chi connectivity index (χ3n) is 6.02. The molecule has 0 aliphatic carbocycles. The average molecular weight is 434 g/mol. The monoisotopic (exact) mass is 433 g/mol. The van der Waals surface area contributed by atoms with Crippen LogP contribution in [-0.2, 0) is 16.1 Å². The number of imide groups is 1. The number of hydrogen-bond acceptors (Lipinski definition) is 5. The van der Waals surface area contributed by atoms with Crippen LogP contribution in [0.1, 0.15) is 44.9 Å². The third kappa shape index (κ3) is 4.69. The molecule has 2 aromatic rings. The van der Waals surface area contributed by atoms with Crippen LogP contribution in [0.15, 0.2) is 54.4 Å². The highest BCUT2D eigenvalue weighted by atomic mass is 16.5. The van der Waals surface area contributed by atoms with Gasteiger partial charge in [0.05, 0.1) is 24.4 Å². The minimum absolute atomic E-state index is 0.172. The highest BCUT2D eigenvalue weighted by Gasteiger charge is 2.42. The fourth-order valence-electron chi connectivity index (χ4n) is 4.13. The molecular weight excluding hydrogens is 402 g/mol. The predicted octanol–water partition coefficient (Wildman–Crippen LogP) is 4.13. The van der Waals surface area contributed by atoms with Gasteiger partial charge in [-0.2, -0.15) is 0 Å². The molecule has 0 atom stereocenters. The van der Waals surface area contributed by atoms with Crippen molar-refractivity contribution in [3.8, 4) is 5.75 Å². The largest absolute Gasteiger partial charge is 0.493 e. The smallest absolute Gasteiger partial charge is 0.278 e. The molecule has 1 saturated heterocycles. The Balaban J connectivity index is 1.66. The number of rotatable bonds is 7. The molecule has 32 heavy (non-hydrogen) atoms. The first-order valence-electron chi connectivity index (χ1n) is 11.4. The summed E-state index contributed by atoms with van der Waals surface area (Å²) >= 11 is 0. The van der Waals surface area contributed by atoms with Gasteiger partial charge in [-0.15, -0.1) is 0 Å². The molecule has 6 nitrogen and oxygen atoms in total. The van der Waals surface area contributed by atoms with E-state index in [9.17, 15) is 9.59 Å². The second-order valence-electron chi connectivity index (χ2n) is 9.14. The second kappa shape index (κ2) is 9.55. The Bertz CT molecular complexity index is 991. The Morgan fingerprint density at radius 2 is 1.75 bits per heavy atom. The molecule has 2 aliphatic rings. The standard InChI is InChI=1S/C26H31N3O3/c1-18(2)17-32-22-9-7-20(8-10-22)23-24(28-14-11-19(3)12-15-28)26(31)29(25(23)30)16-21-6-4-5-13-27-21/h4-10,13,18-19H,11-12,14-17H2,1-3H3. The summed E-state index contributed by atoms with van der Waals surface area (Å²) in [5, 5.41) is 0. The number of aromatic nitrogens is 1. The fourth-order valence-corrected chi connectivity index (χ4v) is 4.13. The van der Waals surface area contributed by atoms with Gasteiger partial charge >= 0.3 is 0 Å². The quantitative estimate of drug-likeness (QED) is 0.615. The van der Waals surface area contributed by atoms with Crippen molar-refractivity contribution >= 4 is 17.4 Å². The van der Waals surface area contributed by atoms with E-state index < -0.39 is 0 Å². The van der Waals surface area contributed by atoms with Gasteiger partial charge in [0.2, 0.25) is 0 Å². The lowest BCUT2D eigenvalue weighted by atomic mass is 9.97. The van der Waals surface area contributed by atoms with Crippen molar-refractivity contribution in [2.24, 2.45) is 11.8 Å². The first-order chi connectivity index (χ1) is 15.4. The predicted molar refractivity (Wildman–Crippen MR) is 123 cm³/mol. The number of carbonyl (C=O) groups excluding carboxylic acids is 2. The molecule has 1 aromatic heterocycles. The minimum atomic E-state index is -0.259. The second-order valence-corrected chi connectivity index (χ2v) is 9.14. The van der Waals surface area contributed by atoms with Crippen molar-refractivity contribution in [1.82, 2.24) is 14.8 Å². The van der Waals surface area contributed by atoms with Gasteiger partial charge in [-0.05, 0) is 54.5 Å². The van der Waals surface area contributed by atoms with Crippen molar-refractivity contribution in [2.75, 3.05) is 19.7 Å². The van der Waals surface area contributed by atoms with E-state index in [4.69, 9.17) is 4.74 Å². The maximum absolute atomic E-state index is 13.5. The zero-order valence-electron chi connectivity index (χ0n) is 19.1. The number of benzene rings is 1. The molecule has 0 saturated carbocycles. The van der Waals surface area contributed by atoms with E-state index in [-0.39, 0.29) is 18.4 Å². The minimum Gasteiger partial charge on any atom is -0.493 e. The molecule has 6 heteroatoms. The molecule has 0 radical (unpaired) electrons. The van der Waals surface area contributed by atoms with E-state index in [1.807, 2.05) is 42.5 Å². The van der Waals surface area contributed by atoms with Gasteiger partial charge in [-0.1, -0.05) is 39.0 Å². The van der Waals surface area contributed by atoms with E-state index in [1.54, 1.807) is 6.20 Å². The number of likely N-dealkylation sites (tertiary alicyclic amines) is 1. The van der Waals surface area contributed by atoms with Crippen LogP contribution >= 0.6 is 0 Å². The lowest BCUT2D eigenvalue weighted by molar-refractivity contribution is -0.138. The van der Waals surface area contributed by atoms with E-state index in [1.165, 1.54) is 4.90 Å². The molecule has 0 unspecified atom stereocenters.